The zero-order chi connectivity index (χ0) is 24.8. The van der Waals surface area contributed by atoms with Crippen LogP contribution in [0, 0.1) is 0 Å². The molecule has 0 radical (unpaired) electrons. The van der Waals surface area contributed by atoms with Crippen LogP contribution in [0.25, 0.3) is 0 Å². The molecule has 1 N–H and O–H groups in total. The number of hydroxylamine groups is 1. The second kappa shape index (κ2) is 10.8. The zero-order valence-corrected chi connectivity index (χ0v) is 20.6. The third-order valence-corrected chi connectivity index (χ3v) is 6.78. The molecule has 3 aromatic carbocycles. The van der Waals surface area contributed by atoms with Crippen molar-refractivity contribution in [3.63, 3.8) is 0 Å². The summed E-state index contributed by atoms with van der Waals surface area (Å²) in [7, 11) is -2.60. The molecular weight excluding hydrogens is 452 g/mol. The molecule has 0 aliphatic heterocycles. The van der Waals surface area contributed by atoms with Crippen LogP contribution in [0.3, 0.4) is 0 Å². The Morgan fingerprint density at radius 1 is 0.912 bits per heavy atom. The van der Waals surface area contributed by atoms with E-state index in [0.717, 1.165) is 5.56 Å². The van der Waals surface area contributed by atoms with Crippen molar-refractivity contribution >= 4 is 15.9 Å². The van der Waals surface area contributed by atoms with Crippen molar-refractivity contribution in [1.82, 2.24) is 9.79 Å². The highest BCUT2D eigenvalue weighted by atomic mass is 32.2. The Bertz CT molecular complexity index is 1180. The number of hydrogen-bond donors (Lipinski definition) is 1. The highest BCUT2D eigenvalue weighted by Gasteiger charge is 2.38. The van der Waals surface area contributed by atoms with Gasteiger partial charge in [-0.15, -0.1) is 0 Å². The van der Waals surface area contributed by atoms with Crippen LogP contribution in [0.15, 0.2) is 89.8 Å². The summed E-state index contributed by atoms with van der Waals surface area (Å²) in [5.41, 5.74) is 3.07. The summed E-state index contributed by atoms with van der Waals surface area (Å²) in [5, 5.41) is 0. The van der Waals surface area contributed by atoms with Crippen molar-refractivity contribution in [3.8, 4) is 5.75 Å². The Kier molecular flexibility index (Phi) is 8.09. The molecule has 0 saturated heterocycles. The number of methoxy groups -OCH3 is 1. The van der Waals surface area contributed by atoms with E-state index in [2.05, 4.69) is 5.48 Å². The van der Waals surface area contributed by atoms with Gasteiger partial charge in [0.05, 0.1) is 17.6 Å². The maximum absolute atomic E-state index is 13.9. The van der Waals surface area contributed by atoms with Gasteiger partial charge >= 0.3 is 0 Å². The summed E-state index contributed by atoms with van der Waals surface area (Å²) in [6, 6.07) is 22.9. The van der Waals surface area contributed by atoms with E-state index in [4.69, 9.17) is 9.57 Å². The van der Waals surface area contributed by atoms with Gasteiger partial charge in [0.1, 0.15) is 11.8 Å². The van der Waals surface area contributed by atoms with E-state index in [1.165, 1.54) is 23.5 Å². The standard InChI is InChI=1S/C26H30N2O5S/c1-26(2,3)33-27-25(29)24(21-13-9-6-10-14-21)28(19-20-11-7-5-8-12-20)34(30,31)23-17-15-22(32-4)16-18-23/h5-18,24H,19H2,1-4H3,(H,27,29)/t24-/m1/s1. The number of nitrogens with one attached hydrogen (secondary N) is 1. The van der Waals surface area contributed by atoms with Gasteiger partial charge in [0.2, 0.25) is 10.0 Å². The number of sulfonamides is 1. The van der Waals surface area contributed by atoms with Crippen molar-refractivity contribution in [2.24, 2.45) is 0 Å². The lowest BCUT2D eigenvalue weighted by molar-refractivity contribution is -0.149. The van der Waals surface area contributed by atoms with E-state index in [0.29, 0.717) is 11.3 Å². The fourth-order valence-corrected chi connectivity index (χ4v) is 4.87. The SMILES string of the molecule is COc1ccc(S(=O)(=O)N(Cc2ccccc2)[C@@H](C(=O)NOC(C)(C)C)c2ccccc2)cc1. The molecule has 8 heteroatoms. The lowest BCUT2D eigenvalue weighted by atomic mass is 10.1. The smallest absolute Gasteiger partial charge is 0.266 e. The molecule has 3 rings (SSSR count). The number of carbonyl (C=O) groups is 1. The van der Waals surface area contributed by atoms with Gasteiger partial charge in [0, 0.05) is 6.54 Å². The summed E-state index contributed by atoms with van der Waals surface area (Å²) >= 11 is 0. The second-order valence-corrected chi connectivity index (χ2v) is 10.6. The van der Waals surface area contributed by atoms with Crippen molar-refractivity contribution in [2.45, 2.75) is 43.9 Å². The predicted octanol–water partition coefficient (Wildman–Crippen LogP) is 4.47. The van der Waals surface area contributed by atoms with Gasteiger partial charge in [-0.3, -0.25) is 9.63 Å². The van der Waals surface area contributed by atoms with Crippen molar-refractivity contribution in [1.29, 1.82) is 0 Å². The number of rotatable bonds is 9. The first-order valence-corrected chi connectivity index (χ1v) is 12.3. The Morgan fingerprint density at radius 3 is 2.00 bits per heavy atom. The molecule has 1 atom stereocenters. The first-order valence-electron chi connectivity index (χ1n) is 10.8. The normalized spacial score (nSPS) is 12.9. The van der Waals surface area contributed by atoms with Crippen molar-refractivity contribution < 1.29 is 22.8 Å². The number of carbonyl (C=O) groups excluding carboxylic acids is 1. The summed E-state index contributed by atoms with van der Waals surface area (Å²) in [4.78, 5) is 19.0. The highest BCUT2D eigenvalue weighted by molar-refractivity contribution is 7.89. The number of hydrogen-bond acceptors (Lipinski definition) is 5. The largest absolute Gasteiger partial charge is 0.497 e. The van der Waals surface area contributed by atoms with E-state index in [1.807, 2.05) is 36.4 Å². The number of ether oxygens (including phenoxy) is 1. The molecule has 1 amide bonds. The molecule has 0 aliphatic carbocycles. The Balaban J connectivity index is 2.12. The molecule has 7 nitrogen and oxygen atoms in total. The average molecular weight is 483 g/mol. The molecular formula is C26H30N2O5S. The Hall–Kier alpha value is -3.20. The first-order chi connectivity index (χ1) is 16.1. The van der Waals surface area contributed by atoms with Gasteiger partial charge in [0.15, 0.2) is 0 Å². The minimum atomic E-state index is -4.11. The van der Waals surface area contributed by atoms with Crippen LogP contribution in [0.1, 0.15) is 37.9 Å². The quantitative estimate of drug-likeness (QED) is 0.455. The van der Waals surface area contributed by atoms with Gasteiger partial charge in [-0.25, -0.2) is 13.9 Å². The summed E-state index contributed by atoms with van der Waals surface area (Å²) in [6.07, 6.45) is 0. The monoisotopic (exact) mass is 482 g/mol. The summed E-state index contributed by atoms with van der Waals surface area (Å²) < 4.78 is 34.2. The van der Waals surface area contributed by atoms with Gasteiger partial charge in [0.25, 0.3) is 5.91 Å². The topological polar surface area (TPSA) is 84.9 Å². The molecule has 0 aliphatic rings. The van der Waals surface area contributed by atoms with Crippen LogP contribution >= 0.6 is 0 Å². The molecule has 0 unspecified atom stereocenters. The van der Waals surface area contributed by atoms with Crippen molar-refractivity contribution in [2.75, 3.05) is 7.11 Å². The fraction of sp³-hybridized carbons (Fsp3) is 0.269. The lowest BCUT2D eigenvalue weighted by Gasteiger charge is -2.31. The molecule has 0 heterocycles. The van der Waals surface area contributed by atoms with Crippen LogP contribution < -0.4 is 10.2 Å². The minimum Gasteiger partial charge on any atom is -0.497 e. The van der Waals surface area contributed by atoms with Crippen LogP contribution in [0.4, 0.5) is 0 Å². The van der Waals surface area contributed by atoms with E-state index in [-0.39, 0.29) is 11.4 Å². The molecule has 34 heavy (non-hydrogen) atoms. The number of benzene rings is 3. The third-order valence-electron chi connectivity index (χ3n) is 4.96. The second-order valence-electron chi connectivity index (χ2n) is 8.71. The van der Waals surface area contributed by atoms with Crippen LogP contribution in [-0.4, -0.2) is 31.3 Å². The first kappa shape index (κ1) is 25.4. The zero-order valence-electron chi connectivity index (χ0n) is 19.8. The highest BCUT2D eigenvalue weighted by Crippen LogP contribution is 2.31. The molecule has 0 aromatic heterocycles. The van der Waals surface area contributed by atoms with Gasteiger partial charge in [-0.1, -0.05) is 60.7 Å². The van der Waals surface area contributed by atoms with E-state index in [9.17, 15) is 13.2 Å². The Morgan fingerprint density at radius 2 is 1.47 bits per heavy atom. The van der Waals surface area contributed by atoms with E-state index in [1.54, 1.807) is 57.2 Å². The lowest BCUT2D eigenvalue weighted by Crippen LogP contribution is -2.45. The molecule has 3 aromatic rings. The third kappa shape index (κ3) is 6.44. The molecule has 0 saturated carbocycles. The Labute approximate surface area is 201 Å². The molecule has 0 spiro atoms. The van der Waals surface area contributed by atoms with Crippen LogP contribution in [-0.2, 0) is 26.2 Å². The van der Waals surface area contributed by atoms with Gasteiger partial charge in [-0.05, 0) is 56.2 Å². The molecule has 0 fully saturated rings. The number of nitrogens with zero attached hydrogens (tertiary/aromatic N) is 1. The predicted molar refractivity (Wildman–Crippen MR) is 130 cm³/mol. The van der Waals surface area contributed by atoms with E-state index >= 15 is 0 Å². The summed E-state index contributed by atoms with van der Waals surface area (Å²) in [5.74, 6) is -0.0568. The van der Waals surface area contributed by atoms with Gasteiger partial charge in [-0.2, -0.15) is 4.31 Å². The average Bonchev–Trinajstić information content (AvgIpc) is 2.83. The van der Waals surface area contributed by atoms with Gasteiger partial charge < -0.3 is 4.74 Å². The van der Waals surface area contributed by atoms with Crippen LogP contribution in [0.2, 0.25) is 0 Å². The molecule has 180 valence electrons. The van der Waals surface area contributed by atoms with E-state index < -0.39 is 27.6 Å². The summed E-state index contributed by atoms with van der Waals surface area (Å²) in [6.45, 7) is 5.36. The number of amides is 1. The van der Waals surface area contributed by atoms with Crippen molar-refractivity contribution in [3.05, 3.63) is 96.1 Å². The van der Waals surface area contributed by atoms with Crippen LogP contribution in [0.5, 0.6) is 5.75 Å². The maximum Gasteiger partial charge on any atom is 0.266 e. The molecule has 0 bridgehead atoms. The fourth-order valence-electron chi connectivity index (χ4n) is 3.30. The minimum absolute atomic E-state index is 0.0162. The maximum atomic E-state index is 13.9.